The Morgan fingerprint density at radius 2 is 2.50 bits per heavy atom. The highest BCUT2D eigenvalue weighted by atomic mass is 32.1. The van der Waals surface area contributed by atoms with E-state index in [1.54, 1.807) is 10.7 Å². The van der Waals surface area contributed by atoms with Gasteiger partial charge in [-0.2, -0.15) is 0 Å². The maximum atomic E-state index is 11.2. The third-order valence-electron chi connectivity index (χ3n) is 2.73. The van der Waals surface area contributed by atoms with Crippen molar-refractivity contribution in [3.05, 3.63) is 41.4 Å². The maximum absolute atomic E-state index is 11.2. The van der Waals surface area contributed by atoms with Gasteiger partial charge in [-0.1, -0.05) is 0 Å². The first-order chi connectivity index (χ1) is 8.79. The lowest BCUT2D eigenvalue weighted by atomic mass is 10.4. The van der Waals surface area contributed by atoms with Crippen molar-refractivity contribution >= 4 is 28.4 Å². The lowest BCUT2D eigenvalue weighted by molar-refractivity contribution is 0.111. The van der Waals surface area contributed by atoms with Crippen LogP contribution in [0.2, 0.25) is 0 Å². The molecule has 0 unspecified atom stereocenters. The van der Waals surface area contributed by atoms with Crippen LogP contribution in [0.25, 0.3) is 4.96 Å². The van der Waals surface area contributed by atoms with Crippen LogP contribution in [0, 0.1) is 0 Å². The zero-order chi connectivity index (χ0) is 12.5. The van der Waals surface area contributed by atoms with Crippen LogP contribution in [-0.4, -0.2) is 22.7 Å². The molecule has 6 heteroatoms. The zero-order valence-electron chi connectivity index (χ0n) is 9.74. The fraction of sp³-hybridized carbons (Fsp3) is 0.167. The second kappa shape index (κ2) is 4.30. The summed E-state index contributed by atoms with van der Waals surface area (Å²) in [5.74, 6) is 1.51. The number of hydrogen-bond acceptors (Lipinski definition) is 5. The Balaban J connectivity index is 1.97. The lowest BCUT2D eigenvalue weighted by Crippen LogP contribution is -2.18. The predicted octanol–water partition coefficient (Wildman–Crippen LogP) is 2.44. The van der Waals surface area contributed by atoms with Crippen molar-refractivity contribution in [2.45, 2.75) is 6.54 Å². The van der Waals surface area contributed by atoms with Crippen molar-refractivity contribution < 1.29 is 9.21 Å². The minimum Gasteiger partial charge on any atom is -0.467 e. The smallest absolute Gasteiger partial charge is 0.196 e. The van der Waals surface area contributed by atoms with Gasteiger partial charge in [-0.05, 0) is 12.1 Å². The SMILES string of the molecule is CN(Cc1ccco1)c1nc2sccn2c1C=O. The topological polar surface area (TPSA) is 50.8 Å². The average Bonchev–Trinajstić information content (AvgIpc) is 3.03. The molecule has 0 saturated heterocycles. The van der Waals surface area contributed by atoms with Crippen LogP contribution in [0.3, 0.4) is 0 Å². The lowest BCUT2D eigenvalue weighted by Gasteiger charge is -2.15. The molecule has 92 valence electrons. The Hall–Kier alpha value is -2.08. The van der Waals surface area contributed by atoms with Crippen molar-refractivity contribution in [1.82, 2.24) is 9.38 Å². The highest BCUT2D eigenvalue weighted by molar-refractivity contribution is 7.15. The zero-order valence-corrected chi connectivity index (χ0v) is 10.6. The van der Waals surface area contributed by atoms with Crippen LogP contribution in [-0.2, 0) is 6.54 Å². The van der Waals surface area contributed by atoms with E-state index in [1.807, 2.05) is 35.7 Å². The van der Waals surface area contributed by atoms with Crippen molar-refractivity contribution in [3.63, 3.8) is 0 Å². The number of fused-ring (bicyclic) bond motifs is 1. The van der Waals surface area contributed by atoms with E-state index < -0.39 is 0 Å². The molecule has 18 heavy (non-hydrogen) atoms. The Labute approximate surface area is 107 Å². The van der Waals surface area contributed by atoms with Crippen LogP contribution in [0.4, 0.5) is 5.82 Å². The monoisotopic (exact) mass is 261 g/mol. The Kier molecular flexibility index (Phi) is 2.64. The molecular formula is C12H11N3O2S. The summed E-state index contributed by atoms with van der Waals surface area (Å²) in [6.07, 6.45) is 4.32. The molecule has 0 aliphatic carbocycles. The number of furan rings is 1. The van der Waals surface area contributed by atoms with E-state index >= 15 is 0 Å². The van der Waals surface area contributed by atoms with Gasteiger partial charge in [0.2, 0.25) is 0 Å². The van der Waals surface area contributed by atoms with E-state index in [2.05, 4.69) is 4.98 Å². The van der Waals surface area contributed by atoms with Crippen LogP contribution in [0.15, 0.2) is 34.4 Å². The quantitative estimate of drug-likeness (QED) is 0.677. The second-order valence-corrected chi connectivity index (χ2v) is 4.80. The molecule has 0 aliphatic heterocycles. The largest absolute Gasteiger partial charge is 0.467 e. The van der Waals surface area contributed by atoms with Gasteiger partial charge in [0.25, 0.3) is 0 Å². The van der Waals surface area contributed by atoms with Gasteiger partial charge in [0.15, 0.2) is 17.1 Å². The third-order valence-corrected chi connectivity index (χ3v) is 3.48. The van der Waals surface area contributed by atoms with Gasteiger partial charge < -0.3 is 9.32 Å². The number of anilines is 1. The van der Waals surface area contributed by atoms with Crippen LogP contribution in [0.5, 0.6) is 0 Å². The summed E-state index contributed by atoms with van der Waals surface area (Å²) in [7, 11) is 1.89. The van der Waals surface area contributed by atoms with Gasteiger partial charge in [-0.25, -0.2) is 4.98 Å². The summed E-state index contributed by atoms with van der Waals surface area (Å²) in [5.41, 5.74) is 0.570. The number of aldehydes is 1. The van der Waals surface area contributed by atoms with Crippen molar-refractivity contribution in [1.29, 1.82) is 0 Å². The highest BCUT2D eigenvalue weighted by Crippen LogP contribution is 2.23. The molecule has 3 aromatic heterocycles. The Morgan fingerprint density at radius 1 is 1.61 bits per heavy atom. The van der Waals surface area contributed by atoms with Crippen LogP contribution >= 0.6 is 11.3 Å². The average molecular weight is 261 g/mol. The van der Waals surface area contributed by atoms with E-state index in [1.165, 1.54) is 11.3 Å². The number of carbonyl (C=O) groups is 1. The Bertz CT molecular complexity index is 669. The standard InChI is InChI=1S/C12H11N3O2S/c1-14(7-9-3-2-5-17-9)11-10(8-16)15-4-6-18-12(15)13-11/h2-6,8H,7H2,1H3. The molecule has 3 aromatic rings. The van der Waals surface area contributed by atoms with Gasteiger partial charge in [0, 0.05) is 18.6 Å². The number of carbonyl (C=O) groups excluding carboxylic acids is 1. The number of nitrogens with zero attached hydrogens (tertiary/aromatic N) is 3. The van der Waals surface area contributed by atoms with E-state index in [0.29, 0.717) is 18.1 Å². The number of imidazole rings is 1. The normalized spacial score (nSPS) is 10.9. The Morgan fingerprint density at radius 3 is 3.22 bits per heavy atom. The van der Waals surface area contributed by atoms with E-state index in [9.17, 15) is 4.79 Å². The molecule has 5 nitrogen and oxygen atoms in total. The summed E-state index contributed by atoms with van der Waals surface area (Å²) in [4.78, 5) is 18.4. The van der Waals surface area contributed by atoms with Crippen molar-refractivity contribution in [2.75, 3.05) is 11.9 Å². The third kappa shape index (κ3) is 1.70. The first kappa shape index (κ1) is 11.0. The molecular weight excluding hydrogens is 250 g/mol. The molecule has 0 bridgehead atoms. The maximum Gasteiger partial charge on any atom is 0.196 e. The van der Waals surface area contributed by atoms with Crippen LogP contribution < -0.4 is 4.90 Å². The summed E-state index contributed by atoms with van der Waals surface area (Å²) < 4.78 is 7.09. The molecule has 0 spiro atoms. The van der Waals surface area contributed by atoms with Gasteiger partial charge in [-0.3, -0.25) is 9.20 Å². The molecule has 0 radical (unpaired) electrons. The molecule has 0 N–H and O–H groups in total. The molecule has 0 saturated carbocycles. The van der Waals surface area contributed by atoms with E-state index in [0.717, 1.165) is 17.0 Å². The van der Waals surface area contributed by atoms with Crippen molar-refractivity contribution in [3.8, 4) is 0 Å². The van der Waals surface area contributed by atoms with Gasteiger partial charge in [0.05, 0.1) is 12.8 Å². The number of aromatic nitrogens is 2. The van der Waals surface area contributed by atoms with Gasteiger partial charge >= 0.3 is 0 Å². The summed E-state index contributed by atoms with van der Waals surface area (Å²) >= 11 is 1.51. The molecule has 0 atom stereocenters. The fourth-order valence-electron chi connectivity index (χ4n) is 1.89. The van der Waals surface area contributed by atoms with Crippen molar-refractivity contribution in [2.24, 2.45) is 0 Å². The van der Waals surface area contributed by atoms with E-state index in [-0.39, 0.29) is 0 Å². The highest BCUT2D eigenvalue weighted by Gasteiger charge is 2.16. The number of thiazole rings is 1. The summed E-state index contributed by atoms with van der Waals surface area (Å²) in [6, 6.07) is 3.74. The number of rotatable bonds is 4. The number of hydrogen-bond donors (Lipinski definition) is 0. The minimum atomic E-state index is 0.570. The van der Waals surface area contributed by atoms with Crippen LogP contribution in [0.1, 0.15) is 16.2 Å². The molecule has 0 fully saturated rings. The summed E-state index contributed by atoms with van der Waals surface area (Å²) in [6.45, 7) is 0.582. The molecule has 3 rings (SSSR count). The second-order valence-electron chi connectivity index (χ2n) is 3.93. The minimum absolute atomic E-state index is 0.570. The first-order valence-electron chi connectivity index (χ1n) is 5.44. The molecule has 3 heterocycles. The molecule has 0 amide bonds. The molecule has 0 aliphatic rings. The van der Waals surface area contributed by atoms with Gasteiger partial charge in [-0.15, -0.1) is 11.3 Å². The first-order valence-corrected chi connectivity index (χ1v) is 6.32. The fourth-order valence-corrected chi connectivity index (χ4v) is 2.61. The molecule has 0 aromatic carbocycles. The predicted molar refractivity (Wildman–Crippen MR) is 69.3 cm³/mol. The van der Waals surface area contributed by atoms with E-state index in [4.69, 9.17) is 4.42 Å². The van der Waals surface area contributed by atoms with Gasteiger partial charge in [0.1, 0.15) is 11.5 Å². The summed E-state index contributed by atoms with van der Waals surface area (Å²) in [5, 5.41) is 1.91.